The fourth-order valence-electron chi connectivity index (χ4n) is 2.34. The molecule has 1 atom stereocenters. The first-order valence-corrected chi connectivity index (χ1v) is 8.98. The SMILES string of the molecule is CS(=O)(=O)OC1CCCCN1c1ncc(CCC(F)(F)F)cn1. The molecular formula is C13H18F3N3O3S. The van der Waals surface area contributed by atoms with Crippen molar-refractivity contribution in [3.05, 3.63) is 18.0 Å². The van der Waals surface area contributed by atoms with Crippen LogP contribution in [0.25, 0.3) is 0 Å². The number of aryl methyl sites for hydroxylation is 1. The maximum absolute atomic E-state index is 12.2. The number of halogens is 3. The molecule has 1 saturated heterocycles. The van der Waals surface area contributed by atoms with Crippen LogP contribution in [0.2, 0.25) is 0 Å². The van der Waals surface area contributed by atoms with Gasteiger partial charge in [-0.2, -0.15) is 21.6 Å². The molecule has 2 heterocycles. The summed E-state index contributed by atoms with van der Waals surface area (Å²) >= 11 is 0. The van der Waals surface area contributed by atoms with Crippen molar-refractivity contribution in [1.82, 2.24) is 9.97 Å². The zero-order valence-corrected chi connectivity index (χ0v) is 13.4. The van der Waals surface area contributed by atoms with Crippen LogP contribution in [0.5, 0.6) is 0 Å². The van der Waals surface area contributed by atoms with Crippen LogP contribution in [0.15, 0.2) is 12.4 Å². The van der Waals surface area contributed by atoms with E-state index in [0.29, 0.717) is 18.5 Å². The van der Waals surface area contributed by atoms with Gasteiger partial charge in [-0.3, -0.25) is 0 Å². The highest BCUT2D eigenvalue weighted by Crippen LogP contribution is 2.25. The molecule has 0 amide bonds. The van der Waals surface area contributed by atoms with Crippen LogP contribution in [0, 0.1) is 0 Å². The normalized spacial score (nSPS) is 19.8. The molecule has 0 N–H and O–H groups in total. The van der Waals surface area contributed by atoms with Crippen molar-refractivity contribution in [2.75, 3.05) is 17.7 Å². The van der Waals surface area contributed by atoms with Gasteiger partial charge in [-0.05, 0) is 31.2 Å². The molecule has 130 valence electrons. The van der Waals surface area contributed by atoms with Gasteiger partial charge in [0.15, 0.2) is 6.23 Å². The number of hydrogen-bond acceptors (Lipinski definition) is 6. The Balaban J connectivity index is 2.07. The Labute approximate surface area is 132 Å². The minimum atomic E-state index is -4.22. The molecule has 0 aromatic carbocycles. The van der Waals surface area contributed by atoms with Gasteiger partial charge in [0.25, 0.3) is 10.1 Å². The van der Waals surface area contributed by atoms with E-state index in [4.69, 9.17) is 4.18 Å². The highest BCUT2D eigenvalue weighted by molar-refractivity contribution is 7.86. The third-order valence-electron chi connectivity index (χ3n) is 3.38. The Hall–Kier alpha value is -1.42. The summed E-state index contributed by atoms with van der Waals surface area (Å²) in [5.41, 5.74) is 0.378. The molecule has 0 spiro atoms. The van der Waals surface area contributed by atoms with E-state index >= 15 is 0 Å². The molecule has 0 radical (unpaired) electrons. The van der Waals surface area contributed by atoms with E-state index in [1.165, 1.54) is 12.4 Å². The summed E-state index contributed by atoms with van der Waals surface area (Å²) < 4.78 is 64.3. The topological polar surface area (TPSA) is 72.4 Å². The molecule has 1 fully saturated rings. The monoisotopic (exact) mass is 353 g/mol. The summed E-state index contributed by atoms with van der Waals surface area (Å²) in [7, 11) is -3.62. The summed E-state index contributed by atoms with van der Waals surface area (Å²) in [5.74, 6) is 0.258. The highest BCUT2D eigenvalue weighted by atomic mass is 32.2. The van der Waals surface area contributed by atoms with E-state index in [1.807, 2.05) is 0 Å². The molecule has 0 saturated carbocycles. The Morgan fingerprint density at radius 2 is 1.96 bits per heavy atom. The van der Waals surface area contributed by atoms with Gasteiger partial charge in [0.1, 0.15) is 0 Å². The molecule has 0 aliphatic carbocycles. The predicted octanol–water partition coefficient (Wildman–Crippen LogP) is 2.26. The van der Waals surface area contributed by atoms with Crippen LogP contribution in [-0.4, -0.2) is 43.6 Å². The molecule has 23 heavy (non-hydrogen) atoms. The summed E-state index contributed by atoms with van der Waals surface area (Å²) in [6.07, 6.45) is -0.206. The molecule has 2 rings (SSSR count). The van der Waals surface area contributed by atoms with Crippen LogP contribution in [0.4, 0.5) is 19.1 Å². The zero-order valence-electron chi connectivity index (χ0n) is 12.6. The lowest BCUT2D eigenvalue weighted by atomic mass is 10.1. The van der Waals surface area contributed by atoms with Gasteiger partial charge in [-0.1, -0.05) is 0 Å². The Kier molecular flexibility index (Phi) is 5.45. The summed E-state index contributed by atoms with van der Waals surface area (Å²) in [5, 5.41) is 0. The zero-order chi connectivity index (χ0) is 17.1. The van der Waals surface area contributed by atoms with Gasteiger partial charge >= 0.3 is 6.18 Å². The highest BCUT2D eigenvalue weighted by Gasteiger charge is 2.29. The summed E-state index contributed by atoms with van der Waals surface area (Å²) in [4.78, 5) is 9.73. The summed E-state index contributed by atoms with van der Waals surface area (Å²) in [6.45, 7) is 0.530. The van der Waals surface area contributed by atoms with E-state index in [2.05, 4.69) is 9.97 Å². The van der Waals surface area contributed by atoms with E-state index in [1.54, 1.807) is 4.90 Å². The largest absolute Gasteiger partial charge is 0.389 e. The Bertz CT molecular complexity index is 620. The van der Waals surface area contributed by atoms with Gasteiger partial charge in [0, 0.05) is 25.4 Å². The Morgan fingerprint density at radius 1 is 1.30 bits per heavy atom. The van der Waals surface area contributed by atoms with Gasteiger partial charge in [-0.25, -0.2) is 14.2 Å². The first kappa shape index (κ1) is 17.9. The van der Waals surface area contributed by atoms with Gasteiger partial charge < -0.3 is 4.90 Å². The lowest BCUT2D eigenvalue weighted by molar-refractivity contribution is -0.134. The third kappa shape index (κ3) is 5.94. The minimum absolute atomic E-state index is 0.187. The first-order chi connectivity index (χ1) is 10.6. The van der Waals surface area contributed by atoms with Crippen molar-refractivity contribution in [2.45, 2.75) is 44.5 Å². The van der Waals surface area contributed by atoms with Crippen molar-refractivity contribution in [3.63, 3.8) is 0 Å². The molecule has 1 aromatic heterocycles. The molecule has 0 bridgehead atoms. The fraction of sp³-hybridized carbons (Fsp3) is 0.692. The average Bonchev–Trinajstić information content (AvgIpc) is 2.44. The predicted molar refractivity (Wildman–Crippen MR) is 77.3 cm³/mol. The van der Waals surface area contributed by atoms with Crippen molar-refractivity contribution in [3.8, 4) is 0 Å². The van der Waals surface area contributed by atoms with E-state index < -0.39 is 28.9 Å². The van der Waals surface area contributed by atoms with Gasteiger partial charge in [0.2, 0.25) is 5.95 Å². The van der Waals surface area contributed by atoms with Crippen LogP contribution in [0.1, 0.15) is 31.2 Å². The number of alkyl halides is 3. The van der Waals surface area contributed by atoms with Crippen LogP contribution < -0.4 is 4.90 Å². The van der Waals surface area contributed by atoms with Gasteiger partial charge in [0.05, 0.1) is 6.26 Å². The van der Waals surface area contributed by atoms with Crippen LogP contribution in [-0.2, 0) is 20.7 Å². The summed E-state index contributed by atoms with van der Waals surface area (Å²) in [6, 6.07) is 0. The second kappa shape index (κ2) is 7.00. The molecule has 6 nitrogen and oxygen atoms in total. The third-order valence-corrected chi connectivity index (χ3v) is 3.95. The molecule has 1 unspecified atom stereocenters. The Morgan fingerprint density at radius 3 is 2.52 bits per heavy atom. The quantitative estimate of drug-likeness (QED) is 0.756. The molecule has 10 heteroatoms. The molecule has 1 aromatic rings. The number of anilines is 1. The first-order valence-electron chi connectivity index (χ1n) is 7.17. The minimum Gasteiger partial charge on any atom is -0.314 e. The second-order valence-electron chi connectivity index (χ2n) is 5.45. The number of aromatic nitrogens is 2. The van der Waals surface area contributed by atoms with Gasteiger partial charge in [-0.15, -0.1) is 0 Å². The molecule has 1 aliphatic heterocycles. The molecule has 1 aliphatic rings. The smallest absolute Gasteiger partial charge is 0.314 e. The van der Waals surface area contributed by atoms with Crippen molar-refractivity contribution in [2.24, 2.45) is 0 Å². The van der Waals surface area contributed by atoms with E-state index in [-0.39, 0.29) is 12.4 Å². The van der Waals surface area contributed by atoms with Crippen molar-refractivity contribution < 1.29 is 25.8 Å². The van der Waals surface area contributed by atoms with Crippen molar-refractivity contribution in [1.29, 1.82) is 0 Å². The molecular weight excluding hydrogens is 335 g/mol. The number of hydrogen-bond donors (Lipinski definition) is 0. The maximum Gasteiger partial charge on any atom is 0.389 e. The van der Waals surface area contributed by atoms with E-state index in [9.17, 15) is 21.6 Å². The number of piperidine rings is 1. The van der Waals surface area contributed by atoms with Crippen molar-refractivity contribution >= 4 is 16.1 Å². The number of rotatable bonds is 5. The fourth-order valence-corrected chi connectivity index (χ4v) is 2.95. The second-order valence-corrected chi connectivity index (χ2v) is 7.05. The lowest BCUT2D eigenvalue weighted by Crippen LogP contribution is -2.43. The average molecular weight is 353 g/mol. The van der Waals surface area contributed by atoms with Crippen LogP contribution in [0.3, 0.4) is 0 Å². The lowest BCUT2D eigenvalue weighted by Gasteiger charge is -2.34. The standard InChI is InChI=1S/C13H18F3N3O3S/c1-23(20,21)22-11-4-2-3-7-19(11)12-17-8-10(9-18-12)5-6-13(14,15)16/h8-9,11H,2-7H2,1H3. The van der Waals surface area contributed by atoms with Crippen LogP contribution >= 0.6 is 0 Å². The van der Waals surface area contributed by atoms with E-state index in [0.717, 1.165) is 19.1 Å². The maximum atomic E-state index is 12.2. The number of nitrogens with zero attached hydrogens (tertiary/aromatic N) is 3.